The highest BCUT2D eigenvalue weighted by Gasteiger charge is 2.41. The summed E-state index contributed by atoms with van der Waals surface area (Å²) in [6, 6.07) is 15.5. The summed E-state index contributed by atoms with van der Waals surface area (Å²) in [5, 5.41) is 23.9. The predicted octanol–water partition coefficient (Wildman–Crippen LogP) is 2.84. The fraction of sp³-hybridized carbons (Fsp3) is 0.516. The summed E-state index contributed by atoms with van der Waals surface area (Å²) < 4.78 is 0. The number of amides is 3. The molecule has 2 aromatic rings. The second-order valence-corrected chi connectivity index (χ2v) is 11.8. The monoisotopic (exact) mass is 539 g/mol. The highest BCUT2D eigenvalue weighted by atomic mass is 16.3. The lowest BCUT2D eigenvalue weighted by atomic mass is 9.91. The van der Waals surface area contributed by atoms with Crippen molar-refractivity contribution < 1.29 is 24.6 Å². The first-order valence-electron chi connectivity index (χ1n) is 13.6. The predicted molar refractivity (Wildman–Crippen MR) is 152 cm³/mol. The number of rotatable bonds is 14. The van der Waals surface area contributed by atoms with Crippen LogP contribution in [0.4, 0.5) is 0 Å². The van der Waals surface area contributed by atoms with Crippen molar-refractivity contribution in [2.24, 2.45) is 17.1 Å². The number of nitrogens with two attached hydrogens (primary N) is 1. The van der Waals surface area contributed by atoms with Gasteiger partial charge in [-0.3, -0.25) is 14.4 Å². The number of aliphatic hydroxyl groups is 2. The van der Waals surface area contributed by atoms with Crippen molar-refractivity contribution in [3.63, 3.8) is 0 Å². The number of carbonyl (C=O) groups is 3. The quantitative estimate of drug-likeness (QED) is 0.293. The van der Waals surface area contributed by atoms with Crippen molar-refractivity contribution in [2.45, 2.75) is 84.5 Å². The van der Waals surface area contributed by atoms with Gasteiger partial charge < -0.3 is 26.2 Å². The summed E-state index contributed by atoms with van der Waals surface area (Å²) in [6.45, 7) is 9.03. The molecule has 0 unspecified atom stereocenters. The Morgan fingerprint density at radius 2 is 1.44 bits per heavy atom. The smallest absolute Gasteiger partial charge is 0.246 e. The SMILES string of the molecule is CC(C)C[C@@H](C(N)=O)N(C(=O)[C@H](Cc1ccccc1)NC(=O)CC(C)(C)C)[C@@H](Cc1ccccc1)[C@@H](O)CO. The number of carbonyl (C=O) groups excluding carboxylic acids is 3. The van der Waals surface area contributed by atoms with Crippen LogP contribution in [0.25, 0.3) is 0 Å². The molecule has 8 heteroatoms. The average Bonchev–Trinajstić information content (AvgIpc) is 2.86. The molecule has 2 rings (SSSR count). The van der Waals surface area contributed by atoms with Gasteiger partial charge in [-0.05, 0) is 35.3 Å². The molecule has 39 heavy (non-hydrogen) atoms. The van der Waals surface area contributed by atoms with E-state index in [1.165, 1.54) is 4.90 Å². The molecular weight excluding hydrogens is 494 g/mol. The number of hydrogen-bond acceptors (Lipinski definition) is 5. The molecule has 8 nitrogen and oxygen atoms in total. The number of aliphatic hydroxyl groups excluding tert-OH is 2. The van der Waals surface area contributed by atoms with Gasteiger partial charge in [-0.25, -0.2) is 0 Å². The van der Waals surface area contributed by atoms with Crippen LogP contribution >= 0.6 is 0 Å². The van der Waals surface area contributed by atoms with Crippen LogP contribution in [0.15, 0.2) is 60.7 Å². The fourth-order valence-corrected chi connectivity index (χ4v) is 4.72. The summed E-state index contributed by atoms with van der Waals surface area (Å²) >= 11 is 0. The third kappa shape index (κ3) is 10.5. The molecule has 3 amide bonds. The van der Waals surface area contributed by atoms with Gasteiger partial charge in [0.25, 0.3) is 0 Å². The normalized spacial score (nSPS) is 14.8. The van der Waals surface area contributed by atoms with Crippen molar-refractivity contribution in [1.82, 2.24) is 10.2 Å². The lowest BCUT2D eigenvalue weighted by molar-refractivity contribution is -0.149. The van der Waals surface area contributed by atoms with Crippen molar-refractivity contribution in [3.8, 4) is 0 Å². The van der Waals surface area contributed by atoms with E-state index in [-0.39, 0.29) is 42.9 Å². The van der Waals surface area contributed by atoms with Crippen LogP contribution in [0.3, 0.4) is 0 Å². The summed E-state index contributed by atoms with van der Waals surface area (Å²) in [4.78, 5) is 41.7. The second-order valence-electron chi connectivity index (χ2n) is 11.8. The zero-order valence-electron chi connectivity index (χ0n) is 23.8. The summed E-state index contributed by atoms with van der Waals surface area (Å²) in [6.07, 6.45) is -0.510. The zero-order chi connectivity index (χ0) is 29.2. The molecule has 0 aliphatic heterocycles. The Morgan fingerprint density at radius 1 is 0.923 bits per heavy atom. The third-order valence-corrected chi connectivity index (χ3v) is 6.50. The Labute approximate surface area is 232 Å². The highest BCUT2D eigenvalue weighted by molar-refractivity contribution is 5.92. The number of primary amides is 1. The largest absolute Gasteiger partial charge is 0.394 e. The molecule has 0 fully saturated rings. The van der Waals surface area contributed by atoms with Gasteiger partial charge in [0, 0.05) is 12.8 Å². The molecule has 0 saturated heterocycles. The third-order valence-electron chi connectivity index (χ3n) is 6.50. The van der Waals surface area contributed by atoms with E-state index in [2.05, 4.69) is 5.32 Å². The second kappa shape index (κ2) is 14.8. The van der Waals surface area contributed by atoms with E-state index < -0.39 is 42.7 Å². The molecule has 0 heterocycles. The van der Waals surface area contributed by atoms with Crippen molar-refractivity contribution in [2.75, 3.05) is 6.61 Å². The maximum Gasteiger partial charge on any atom is 0.246 e. The minimum absolute atomic E-state index is 0.00417. The minimum Gasteiger partial charge on any atom is -0.394 e. The van der Waals surface area contributed by atoms with Gasteiger partial charge in [0.05, 0.1) is 18.8 Å². The van der Waals surface area contributed by atoms with Gasteiger partial charge in [0.2, 0.25) is 17.7 Å². The topological polar surface area (TPSA) is 133 Å². The van der Waals surface area contributed by atoms with Gasteiger partial charge in [-0.1, -0.05) is 95.3 Å². The first-order chi connectivity index (χ1) is 18.3. The van der Waals surface area contributed by atoms with Crippen LogP contribution in [0.5, 0.6) is 0 Å². The summed E-state index contributed by atoms with van der Waals surface area (Å²) in [5.74, 6) is -1.53. The Balaban J connectivity index is 2.61. The number of nitrogens with one attached hydrogen (secondary N) is 1. The lowest BCUT2D eigenvalue weighted by Gasteiger charge is -2.41. The van der Waals surface area contributed by atoms with E-state index in [4.69, 9.17) is 5.73 Å². The highest BCUT2D eigenvalue weighted by Crippen LogP contribution is 2.24. The van der Waals surface area contributed by atoms with E-state index in [0.717, 1.165) is 11.1 Å². The maximum atomic E-state index is 14.4. The van der Waals surface area contributed by atoms with Crippen LogP contribution in [-0.2, 0) is 27.2 Å². The van der Waals surface area contributed by atoms with E-state index in [1.807, 2.05) is 95.3 Å². The summed E-state index contributed by atoms with van der Waals surface area (Å²) in [7, 11) is 0. The molecule has 5 N–H and O–H groups in total. The van der Waals surface area contributed by atoms with E-state index in [9.17, 15) is 24.6 Å². The molecule has 214 valence electrons. The minimum atomic E-state index is -1.34. The van der Waals surface area contributed by atoms with Crippen LogP contribution < -0.4 is 11.1 Å². The van der Waals surface area contributed by atoms with Gasteiger partial charge in [-0.15, -0.1) is 0 Å². The molecular formula is C31H45N3O5. The number of nitrogens with zero attached hydrogens (tertiary/aromatic N) is 1. The van der Waals surface area contributed by atoms with E-state index >= 15 is 0 Å². The Bertz CT molecular complexity index is 1050. The number of benzene rings is 2. The molecule has 0 aliphatic carbocycles. The van der Waals surface area contributed by atoms with Crippen molar-refractivity contribution in [1.29, 1.82) is 0 Å². The van der Waals surface area contributed by atoms with Gasteiger partial charge in [0.1, 0.15) is 12.1 Å². The van der Waals surface area contributed by atoms with Crippen LogP contribution in [0.2, 0.25) is 0 Å². The van der Waals surface area contributed by atoms with E-state index in [1.54, 1.807) is 0 Å². The Kier molecular flexibility index (Phi) is 12.1. The molecule has 0 aliphatic rings. The van der Waals surface area contributed by atoms with Gasteiger partial charge in [0.15, 0.2) is 0 Å². The number of hydrogen-bond donors (Lipinski definition) is 4. The van der Waals surface area contributed by atoms with Crippen molar-refractivity contribution in [3.05, 3.63) is 71.8 Å². The molecule has 0 spiro atoms. The Morgan fingerprint density at radius 3 is 1.87 bits per heavy atom. The standard InChI is InChI=1S/C31H45N3O5/c1-21(2)16-26(29(32)38)34(25(27(36)20-35)18-23-14-10-7-11-15-23)30(39)24(17-22-12-8-6-9-13-22)33-28(37)19-31(3,4)5/h6-15,21,24-27,35-36H,16-20H2,1-5H3,(H2,32,38)(H,33,37)/t24-,25-,26-,27-/m0/s1. The zero-order valence-corrected chi connectivity index (χ0v) is 23.8. The van der Waals surface area contributed by atoms with E-state index in [0.29, 0.717) is 0 Å². The lowest BCUT2D eigenvalue weighted by Crippen LogP contribution is -2.62. The molecule has 2 aromatic carbocycles. The van der Waals surface area contributed by atoms with Crippen LogP contribution in [0.1, 0.15) is 58.6 Å². The first-order valence-corrected chi connectivity index (χ1v) is 13.6. The Hall–Kier alpha value is -3.23. The van der Waals surface area contributed by atoms with Crippen LogP contribution in [-0.4, -0.2) is 63.7 Å². The molecule has 0 bridgehead atoms. The average molecular weight is 540 g/mol. The van der Waals surface area contributed by atoms with Gasteiger partial charge >= 0.3 is 0 Å². The first kappa shape index (κ1) is 32.0. The van der Waals surface area contributed by atoms with Crippen LogP contribution in [0, 0.1) is 11.3 Å². The maximum absolute atomic E-state index is 14.4. The fourth-order valence-electron chi connectivity index (χ4n) is 4.72. The molecule has 0 saturated carbocycles. The van der Waals surface area contributed by atoms with Gasteiger partial charge in [-0.2, -0.15) is 0 Å². The molecule has 4 atom stereocenters. The molecule has 0 aromatic heterocycles. The molecule has 0 radical (unpaired) electrons. The summed E-state index contributed by atoms with van der Waals surface area (Å²) in [5.41, 5.74) is 7.21. The van der Waals surface area contributed by atoms with Crippen molar-refractivity contribution >= 4 is 17.7 Å².